The van der Waals surface area contributed by atoms with Crippen LogP contribution in [0.15, 0.2) is 30.5 Å². The SMILES string of the molecule is CCC(C)C.O=C(O)CC1CCCc2c(C3CCCCC3)cn(Cc3ccc(C(F)(F)F)cc3)c21. The average molecular weight is 492 g/mol. The molecule has 194 valence electrons. The molecule has 0 amide bonds. The molecule has 1 heterocycles. The molecule has 1 aromatic heterocycles. The molecule has 3 nitrogen and oxygen atoms in total. The second kappa shape index (κ2) is 12.1. The van der Waals surface area contributed by atoms with Gasteiger partial charge in [0.25, 0.3) is 0 Å². The van der Waals surface area contributed by atoms with E-state index in [2.05, 4.69) is 31.5 Å². The van der Waals surface area contributed by atoms with Crippen LogP contribution in [-0.2, 0) is 23.9 Å². The monoisotopic (exact) mass is 491 g/mol. The van der Waals surface area contributed by atoms with Crippen molar-refractivity contribution in [3.05, 3.63) is 58.4 Å². The van der Waals surface area contributed by atoms with Crippen LogP contribution in [0, 0.1) is 5.92 Å². The standard InChI is InChI=1S/C24H28F3NO2.C5H12/c25-24(26,27)19-11-9-16(10-12-19)14-28-15-21(17-5-2-1-3-6-17)20-8-4-7-18(23(20)28)13-22(29)30;1-4-5(2)3/h9-12,15,17-18H,1-8,13-14H2,(H,29,30);5H,4H2,1-3H3. The summed E-state index contributed by atoms with van der Waals surface area (Å²) in [4.78, 5) is 11.5. The summed E-state index contributed by atoms with van der Waals surface area (Å²) < 4.78 is 40.8. The van der Waals surface area contributed by atoms with E-state index in [9.17, 15) is 23.1 Å². The number of carboxylic acid groups (broad SMARTS) is 1. The Labute approximate surface area is 207 Å². The summed E-state index contributed by atoms with van der Waals surface area (Å²) in [5, 5.41) is 9.42. The third-order valence-electron chi connectivity index (χ3n) is 7.54. The fourth-order valence-corrected chi connectivity index (χ4v) is 5.35. The fraction of sp³-hybridized carbons (Fsp3) is 0.621. The van der Waals surface area contributed by atoms with Gasteiger partial charge in [-0.1, -0.05) is 58.6 Å². The number of halogens is 3. The number of benzene rings is 1. The fourth-order valence-electron chi connectivity index (χ4n) is 5.35. The highest BCUT2D eigenvalue weighted by atomic mass is 19.4. The minimum absolute atomic E-state index is 0.0296. The first kappa shape index (κ1) is 27.3. The van der Waals surface area contributed by atoms with Gasteiger partial charge < -0.3 is 9.67 Å². The highest BCUT2D eigenvalue weighted by Gasteiger charge is 2.32. The second-order valence-electron chi connectivity index (χ2n) is 10.6. The minimum Gasteiger partial charge on any atom is -0.481 e. The number of carbonyl (C=O) groups is 1. The van der Waals surface area contributed by atoms with E-state index in [1.165, 1.54) is 61.8 Å². The summed E-state index contributed by atoms with van der Waals surface area (Å²) >= 11 is 0. The molecule has 0 aliphatic heterocycles. The van der Waals surface area contributed by atoms with Crippen LogP contribution >= 0.6 is 0 Å². The maximum absolute atomic E-state index is 12.9. The van der Waals surface area contributed by atoms with E-state index < -0.39 is 17.7 Å². The van der Waals surface area contributed by atoms with Crippen molar-refractivity contribution in [2.45, 2.75) is 110 Å². The molecule has 1 saturated carbocycles. The van der Waals surface area contributed by atoms with Crippen molar-refractivity contribution in [1.82, 2.24) is 4.57 Å². The van der Waals surface area contributed by atoms with Crippen LogP contribution in [0.2, 0.25) is 0 Å². The second-order valence-corrected chi connectivity index (χ2v) is 10.6. The summed E-state index contributed by atoms with van der Waals surface area (Å²) in [6.07, 6.45) is 8.11. The lowest BCUT2D eigenvalue weighted by Gasteiger charge is -2.27. The maximum Gasteiger partial charge on any atom is 0.416 e. The molecule has 1 unspecified atom stereocenters. The number of rotatable bonds is 6. The Kier molecular flexibility index (Phi) is 9.48. The van der Waals surface area contributed by atoms with E-state index in [0.29, 0.717) is 12.5 Å². The maximum atomic E-state index is 12.9. The molecule has 2 aliphatic carbocycles. The topological polar surface area (TPSA) is 42.2 Å². The molecule has 35 heavy (non-hydrogen) atoms. The van der Waals surface area contributed by atoms with Crippen LogP contribution < -0.4 is 0 Å². The third kappa shape index (κ3) is 7.37. The van der Waals surface area contributed by atoms with Crippen LogP contribution in [0.1, 0.15) is 118 Å². The van der Waals surface area contributed by atoms with E-state index >= 15 is 0 Å². The molecule has 0 radical (unpaired) electrons. The first-order valence-electron chi connectivity index (χ1n) is 13.2. The Balaban J connectivity index is 0.000000623. The Morgan fingerprint density at radius 2 is 1.69 bits per heavy atom. The molecule has 0 saturated heterocycles. The molecular weight excluding hydrogens is 451 g/mol. The first-order chi connectivity index (χ1) is 16.6. The van der Waals surface area contributed by atoms with Crippen molar-refractivity contribution in [2.75, 3.05) is 0 Å². The number of nitrogens with zero attached hydrogens (tertiary/aromatic N) is 1. The predicted octanol–water partition coefficient (Wildman–Crippen LogP) is 8.55. The molecule has 1 aromatic carbocycles. The van der Waals surface area contributed by atoms with Crippen LogP contribution in [0.5, 0.6) is 0 Å². The molecule has 1 fully saturated rings. The highest BCUT2D eigenvalue weighted by Crippen LogP contribution is 2.43. The van der Waals surface area contributed by atoms with Gasteiger partial charge in [-0.15, -0.1) is 0 Å². The zero-order valence-electron chi connectivity index (χ0n) is 21.3. The number of aromatic nitrogens is 1. The Hall–Kier alpha value is -2.24. The van der Waals surface area contributed by atoms with Crippen molar-refractivity contribution in [2.24, 2.45) is 5.92 Å². The molecule has 1 atom stereocenters. The number of carboxylic acids is 1. The summed E-state index contributed by atoms with van der Waals surface area (Å²) in [6, 6.07) is 5.32. The molecule has 2 aliphatic rings. The number of alkyl halides is 3. The lowest BCUT2D eigenvalue weighted by atomic mass is 9.78. The molecule has 0 bridgehead atoms. The highest BCUT2D eigenvalue weighted by molar-refractivity contribution is 5.68. The number of fused-ring (bicyclic) bond motifs is 1. The lowest BCUT2D eigenvalue weighted by Crippen LogP contribution is -2.18. The number of aliphatic carboxylic acids is 1. The van der Waals surface area contributed by atoms with Gasteiger partial charge in [-0.25, -0.2) is 0 Å². The normalized spacial score (nSPS) is 18.7. The first-order valence-corrected chi connectivity index (χ1v) is 13.2. The third-order valence-corrected chi connectivity index (χ3v) is 7.54. The van der Waals surface area contributed by atoms with Gasteiger partial charge >= 0.3 is 12.1 Å². The van der Waals surface area contributed by atoms with Crippen LogP contribution in [0.3, 0.4) is 0 Å². The van der Waals surface area contributed by atoms with Gasteiger partial charge in [0.05, 0.1) is 12.0 Å². The molecular formula is C29H40F3NO2. The smallest absolute Gasteiger partial charge is 0.416 e. The zero-order chi connectivity index (χ0) is 25.6. The summed E-state index contributed by atoms with van der Waals surface area (Å²) in [5.74, 6) is 0.576. The van der Waals surface area contributed by atoms with E-state index in [-0.39, 0.29) is 12.3 Å². The molecule has 2 aromatic rings. The zero-order valence-corrected chi connectivity index (χ0v) is 21.3. The van der Waals surface area contributed by atoms with Gasteiger partial charge in [0, 0.05) is 24.4 Å². The van der Waals surface area contributed by atoms with Crippen molar-refractivity contribution >= 4 is 5.97 Å². The lowest BCUT2D eigenvalue weighted by molar-refractivity contribution is -0.138. The van der Waals surface area contributed by atoms with Gasteiger partial charge in [0.15, 0.2) is 0 Å². The Morgan fingerprint density at radius 3 is 2.23 bits per heavy atom. The van der Waals surface area contributed by atoms with Gasteiger partial charge in [-0.2, -0.15) is 13.2 Å². The van der Waals surface area contributed by atoms with Crippen molar-refractivity contribution in [3.8, 4) is 0 Å². The summed E-state index contributed by atoms with van der Waals surface area (Å²) in [7, 11) is 0. The van der Waals surface area contributed by atoms with Crippen LogP contribution in [-0.4, -0.2) is 15.6 Å². The van der Waals surface area contributed by atoms with Gasteiger partial charge in [-0.05, 0) is 72.8 Å². The molecule has 0 spiro atoms. The Morgan fingerprint density at radius 1 is 1.06 bits per heavy atom. The number of hydrogen-bond acceptors (Lipinski definition) is 1. The largest absolute Gasteiger partial charge is 0.481 e. The Bertz CT molecular complexity index is 954. The quantitative estimate of drug-likeness (QED) is 0.440. The van der Waals surface area contributed by atoms with E-state index in [4.69, 9.17) is 0 Å². The van der Waals surface area contributed by atoms with Crippen molar-refractivity contribution in [3.63, 3.8) is 0 Å². The van der Waals surface area contributed by atoms with Crippen LogP contribution in [0.4, 0.5) is 13.2 Å². The average Bonchev–Trinajstić information content (AvgIpc) is 3.19. The van der Waals surface area contributed by atoms with Crippen molar-refractivity contribution < 1.29 is 23.1 Å². The number of hydrogen-bond donors (Lipinski definition) is 1. The van der Waals surface area contributed by atoms with Crippen molar-refractivity contribution in [1.29, 1.82) is 0 Å². The van der Waals surface area contributed by atoms with E-state index in [1.54, 1.807) is 0 Å². The summed E-state index contributed by atoms with van der Waals surface area (Å²) in [6.45, 7) is 7.12. The minimum atomic E-state index is -4.34. The van der Waals surface area contributed by atoms with E-state index in [1.807, 2.05) is 0 Å². The van der Waals surface area contributed by atoms with Gasteiger partial charge in [-0.3, -0.25) is 4.79 Å². The van der Waals surface area contributed by atoms with Crippen LogP contribution in [0.25, 0.3) is 0 Å². The molecule has 6 heteroatoms. The van der Waals surface area contributed by atoms with E-state index in [0.717, 1.165) is 48.6 Å². The molecule has 4 rings (SSSR count). The predicted molar refractivity (Wildman–Crippen MR) is 134 cm³/mol. The molecule has 1 N–H and O–H groups in total. The van der Waals surface area contributed by atoms with Gasteiger partial charge in [0.2, 0.25) is 0 Å². The van der Waals surface area contributed by atoms with Gasteiger partial charge in [0.1, 0.15) is 0 Å². The summed E-state index contributed by atoms with van der Waals surface area (Å²) in [5.41, 5.74) is 3.92.